The van der Waals surface area contributed by atoms with E-state index in [2.05, 4.69) is 203 Å². The Balaban J connectivity index is 1.11. The van der Waals surface area contributed by atoms with Gasteiger partial charge >= 0.3 is 0 Å². The third kappa shape index (κ3) is 5.46. The smallest absolute Gasteiger partial charge is 0.160 e. The van der Waals surface area contributed by atoms with E-state index in [1.807, 2.05) is 24.3 Å². The summed E-state index contributed by atoms with van der Waals surface area (Å²) in [6.45, 7) is 0. The highest BCUT2D eigenvalue weighted by Gasteiger charge is 2.22. The summed E-state index contributed by atoms with van der Waals surface area (Å²) in [5.74, 6) is 0.715. The zero-order chi connectivity index (χ0) is 39.6. The number of rotatable bonds is 6. The second kappa shape index (κ2) is 13.8. The van der Waals surface area contributed by atoms with E-state index in [4.69, 9.17) is 9.97 Å². The van der Waals surface area contributed by atoms with Gasteiger partial charge in [0.2, 0.25) is 0 Å². The SMILES string of the molecule is c1ccc(-c2cccc(-c3cccc(-n4c5ccccc5c5ccc6c7ccccc7n(-c7cccc(-c8nc(-c9ccccc9)nc9ccccc89)c7)c6c54)c3)c2)cc1. The summed E-state index contributed by atoms with van der Waals surface area (Å²) in [6.07, 6.45) is 0. The van der Waals surface area contributed by atoms with Gasteiger partial charge in [-0.25, -0.2) is 9.97 Å². The quantitative estimate of drug-likeness (QED) is 0.169. The molecule has 4 nitrogen and oxygen atoms in total. The molecule has 4 heteroatoms. The zero-order valence-electron chi connectivity index (χ0n) is 32.6. The predicted octanol–water partition coefficient (Wildman–Crippen LogP) is 14.5. The normalized spacial score (nSPS) is 11.7. The molecule has 0 unspecified atom stereocenters. The molecule has 0 saturated carbocycles. The lowest BCUT2D eigenvalue weighted by Gasteiger charge is -2.15. The standard InChI is InChI=1S/C56H36N4/c1-3-16-37(17-4-1)39-20-13-21-40(34-39)41-22-14-24-43(35-41)59-51-30-11-8-26-45(51)47-32-33-48-46-27-9-12-31-52(46)60(55(48)54(47)59)44-25-15-23-42(36-44)53-49-28-7-10-29-50(49)57-56(58-53)38-18-5-2-6-19-38/h1-36H. The van der Waals surface area contributed by atoms with Crippen LogP contribution in [0.5, 0.6) is 0 Å². The number of hydrogen-bond acceptors (Lipinski definition) is 2. The summed E-state index contributed by atoms with van der Waals surface area (Å²) in [4.78, 5) is 10.3. The number of hydrogen-bond donors (Lipinski definition) is 0. The maximum absolute atomic E-state index is 5.25. The van der Waals surface area contributed by atoms with E-state index in [1.165, 1.54) is 54.8 Å². The van der Waals surface area contributed by atoms with E-state index in [0.717, 1.165) is 50.1 Å². The molecule has 280 valence electrons. The lowest BCUT2D eigenvalue weighted by Crippen LogP contribution is -2.00. The second-order valence-electron chi connectivity index (χ2n) is 15.4. The average molecular weight is 765 g/mol. The number of aromatic nitrogens is 4. The first-order valence-electron chi connectivity index (χ1n) is 20.4. The van der Waals surface area contributed by atoms with Crippen LogP contribution in [0.25, 0.3) is 111 Å². The molecule has 0 aliphatic rings. The van der Waals surface area contributed by atoms with Gasteiger partial charge in [-0.1, -0.05) is 170 Å². The molecule has 0 bridgehead atoms. The van der Waals surface area contributed by atoms with Crippen molar-refractivity contribution in [3.05, 3.63) is 218 Å². The number of fused-ring (bicyclic) bond motifs is 8. The van der Waals surface area contributed by atoms with Crippen molar-refractivity contribution < 1.29 is 0 Å². The van der Waals surface area contributed by atoms with Crippen molar-refractivity contribution in [1.82, 2.24) is 19.1 Å². The van der Waals surface area contributed by atoms with E-state index >= 15 is 0 Å². The lowest BCUT2D eigenvalue weighted by atomic mass is 9.99. The molecule has 0 atom stereocenters. The minimum absolute atomic E-state index is 0.715. The maximum atomic E-state index is 5.25. The van der Waals surface area contributed by atoms with Crippen LogP contribution in [0.1, 0.15) is 0 Å². The van der Waals surface area contributed by atoms with Gasteiger partial charge in [0.1, 0.15) is 0 Å². The first kappa shape index (κ1) is 34.0. The molecule has 60 heavy (non-hydrogen) atoms. The molecule has 0 aliphatic carbocycles. The van der Waals surface area contributed by atoms with Crippen molar-refractivity contribution in [3.8, 4) is 56.3 Å². The Morgan fingerprint density at radius 2 is 0.733 bits per heavy atom. The third-order valence-electron chi connectivity index (χ3n) is 11.9. The Kier molecular flexibility index (Phi) is 7.82. The van der Waals surface area contributed by atoms with Crippen LogP contribution < -0.4 is 0 Å². The largest absolute Gasteiger partial charge is 0.307 e. The van der Waals surface area contributed by atoms with Crippen molar-refractivity contribution in [3.63, 3.8) is 0 Å². The molecule has 0 fully saturated rings. The van der Waals surface area contributed by atoms with Gasteiger partial charge in [0.15, 0.2) is 5.82 Å². The van der Waals surface area contributed by atoms with Gasteiger partial charge < -0.3 is 9.13 Å². The van der Waals surface area contributed by atoms with Crippen molar-refractivity contribution in [2.45, 2.75) is 0 Å². The van der Waals surface area contributed by atoms with Crippen LogP contribution in [0.3, 0.4) is 0 Å². The first-order valence-corrected chi connectivity index (χ1v) is 20.4. The highest BCUT2D eigenvalue weighted by Crippen LogP contribution is 2.43. The second-order valence-corrected chi connectivity index (χ2v) is 15.4. The predicted molar refractivity (Wildman–Crippen MR) is 250 cm³/mol. The van der Waals surface area contributed by atoms with Crippen molar-refractivity contribution in [2.75, 3.05) is 0 Å². The molecule has 3 heterocycles. The number of para-hydroxylation sites is 3. The lowest BCUT2D eigenvalue weighted by molar-refractivity contribution is 1.15. The van der Waals surface area contributed by atoms with Crippen molar-refractivity contribution in [1.29, 1.82) is 0 Å². The van der Waals surface area contributed by atoms with Gasteiger partial charge in [0.05, 0.1) is 33.3 Å². The molecule has 3 aromatic heterocycles. The summed E-state index contributed by atoms with van der Waals surface area (Å²) in [6, 6.07) is 78.1. The summed E-state index contributed by atoms with van der Waals surface area (Å²) >= 11 is 0. The molecule has 0 radical (unpaired) electrons. The van der Waals surface area contributed by atoms with Gasteiger partial charge in [-0.3, -0.25) is 0 Å². The molecule has 0 spiro atoms. The van der Waals surface area contributed by atoms with E-state index in [-0.39, 0.29) is 0 Å². The third-order valence-corrected chi connectivity index (χ3v) is 11.9. The molecular formula is C56H36N4. The monoisotopic (exact) mass is 764 g/mol. The van der Waals surface area contributed by atoms with E-state index in [1.54, 1.807) is 0 Å². The van der Waals surface area contributed by atoms with Crippen LogP contribution in [-0.2, 0) is 0 Å². The van der Waals surface area contributed by atoms with Crippen LogP contribution in [0, 0.1) is 0 Å². The molecule has 0 amide bonds. The Hall–Kier alpha value is -8.08. The fourth-order valence-corrected chi connectivity index (χ4v) is 9.18. The highest BCUT2D eigenvalue weighted by atomic mass is 15.0. The minimum Gasteiger partial charge on any atom is -0.307 e. The van der Waals surface area contributed by atoms with Gasteiger partial charge in [0.25, 0.3) is 0 Å². The summed E-state index contributed by atoms with van der Waals surface area (Å²) in [5.41, 5.74) is 15.5. The van der Waals surface area contributed by atoms with Gasteiger partial charge in [-0.15, -0.1) is 0 Å². The highest BCUT2D eigenvalue weighted by molar-refractivity contribution is 6.24. The van der Waals surface area contributed by atoms with Crippen LogP contribution in [0.15, 0.2) is 218 Å². The molecule has 12 aromatic rings. The van der Waals surface area contributed by atoms with E-state index in [9.17, 15) is 0 Å². The summed E-state index contributed by atoms with van der Waals surface area (Å²) < 4.78 is 4.93. The summed E-state index contributed by atoms with van der Waals surface area (Å²) in [5, 5.41) is 5.87. The zero-order valence-corrected chi connectivity index (χ0v) is 32.6. The average Bonchev–Trinajstić information content (AvgIpc) is 3.85. The Bertz CT molecular complexity index is 3600. The molecule has 0 aliphatic heterocycles. The van der Waals surface area contributed by atoms with E-state index in [0.29, 0.717) is 5.82 Å². The Morgan fingerprint density at radius 3 is 1.37 bits per heavy atom. The number of nitrogens with zero attached hydrogens (tertiary/aromatic N) is 4. The van der Waals surface area contributed by atoms with Gasteiger partial charge in [0, 0.05) is 49.4 Å². The number of benzene rings is 9. The van der Waals surface area contributed by atoms with Gasteiger partial charge in [-0.2, -0.15) is 0 Å². The maximum Gasteiger partial charge on any atom is 0.160 e. The summed E-state index contributed by atoms with van der Waals surface area (Å²) in [7, 11) is 0. The molecular weight excluding hydrogens is 729 g/mol. The molecule has 0 saturated heterocycles. The van der Waals surface area contributed by atoms with Gasteiger partial charge in [-0.05, 0) is 70.8 Å². The fourth-order valence-electron chi connectivity index (χ4n) is 9.18. The van der Waals surface area contributed by atoms with Crippen LogP contribution in [0.4, 0.5) is 0 Å². The topological polar surface area (TPSA) is 35.6 Å². The molecule has 12 rings (SSSR count). The molecule has 0 N–H and O–H groups in total. The van der Waals surface area contributed by atoms with E-state index < -0.39 is 0 Å². The van der Waals surface area contributed by atoms with Crippen LogP contribution in [-0.4, -0.2) is 19.1 Å². The minimum atomic E-state index is 0.715. The van der Waals surface area contributed by atoms with Crippen molar-refractivity contribution in [2.24, 2.45) is 0 Å². The van der Waals surface area contributed by atoms with Crippen LogP contribution >= 0.6 is 0 Å². The Morgan fingerprint density at radius 1 is 0.283 bits per heavy atom. The van der Waals surface area contributed by atoms with Crippen molar-refractivity contribution >= 4 is 54.5 Å². The van der Waals surface area contributed by atoms with Crippen LogP contribution in [0.2, 0.25) is 0 Å². The fraction of sp³-hybridized carbons (Fsp3) is 0. The molecule has 9 aromatic carbocycles. The first-order chi connectivity index (χ1) is 29.8. The Labute approximate surface area is 346 Å².